The lowest BCUT2D eigenvalue weighted by Gasteiger charge is -2.30. The van der Waals surface area contributed by atoms with E-state index in [1.54, 1.807) is 31.2 Å². The minimum Gasteiger partial charge on any atom is -0.466 e. The van der Waals surface area contributed by atoms with Crippen LogP contribution in [0.5, 0.6) is 0 Å². The Labute approximate surface area is 158 Å². The van der Waals surface area contributed by atoms with Crippen LogP contribution in [-0.4, -0.2) is 67.4 Å². The first kappa shape index (κ1) is 19.5. The van der Waals surface area contributed by atoms with Gasteiger partial charge in [-0.3, -0.25) is 19.3 Å². The number of fused-ring (bicyclic) bond motifs is 1. The first-order chi connectivity index (χ1) is 12.8. The summed E-state index contributed by atoms with van der Waals surface area (Å²) in [4.78, 5) is 37.4. The molecular formula is C18H22N2O6S. The number of benzene rings is 1. The van der Waals surface area contributed by atoms with Crippen molar-refractivity contribution in [2.45, 2.75) is 19.8 Å². The lowest BCUT2D eigenvalue weighted by Crippen LogP contribution is -2.44. The zero-order valence-corrected chi connectivity index (χ0v) is 15.9. The van der Waals surface area contributed by atoms with E-state index in [1.165, 1.54) is 4.31 Å². The standard InChI is InChI=1S/C18H22N2O6S/c1-2-26-18(23)13-7-9-19(10-8-13)27(24,25)12-11-20-16(21)14-5-3-4-6-15(14)17(20)22/h3-6,13H,2,7-12H2,1H3. The molecule has 1 saturated heterocycles. The van der Waals surface area contributed by atoms with Crippen LogP contribution in [0.1, 0.15) is 40.5 Å². The Morgan fingerprint density at radius 2 is 1.67 bits per heavy atom. The number of nitrogens with zero attached hydrogens (tertiary/aromatic N) is 2. The molecule has 0 aromatic heterocycles. The molecule has 0 aliphatic carbocycles. The Morgan fingerprint density at radius 1 is 1.11 bits per heavy atom. The average Bonchev–Trinajstić information content (AvgIpc) is 2.91. The van der Waals surface area contributed by atoms with Crippen LogP contribution in [0.25, 0.3) is 0 Å². The maximum atomic E-state index is 12.6. The van der Waals surface area contributed by atoms with Crippen LogP contribution < -0.4 is 0 Å². The number of carbonyl (C=O) groups excluding carboxylic acids is 3. The molecule has 0 spiro atoms. The maximum absolute atomic E-state index is 12.6. The fourth-order valence-electron chi connectivity index (χ4n) is 3.41. The summed E-state index contributed by atoms with van der Waals surface area (Å²) in [6.07, 6.45) is 0.816. The lowest BCUT2D eigenvalue weighted by molar-refractivity contribution is -0.149. The van der Waals surface area contributed by atoms with Gasteiger partial charge in [-0.15, -0.1) is 0 Å². The van der Waals surface area contributed by atoms with Gasteiger partial charge in [-0.25, -0.2) is 12.7 Å². The van der Waals surface area contributed by atoms with Gasteiger partial charge < -0.3 is 4.74 Å². The van der Waals surface area contributed by atoms with Crippen LogP contribution >= 0.6 is 0 Å². The van der Waals surface area contributed by atoms with Crippen molar-refractivity contribution in [1.29, 1.82) is 0 Å². The molecule has 1 aromatic carbocycles. The van der Waals surface area contributed by atoms with Crippen molar-refractivity contribution in [1.82, 2.24) is 9.21 Å². The molecule has 1 fully saturated rings. The van der Waals surface area contributed by atoms with Crippen LogP contribution in [0.2, 0.25) is 0 Å². The van der Waals surface area contributed by atoms with E-state index in [1.807, 2.05) is 0 Å². The van der Waals surface area contributed by atoms with E-state index < -0.39 is 21.8 Å². The summed E-state index contributed by atoms with van der Waals surface area (Å²) >= 11 is 0. The number of carbonyl (C=O) groups is 3. The highest BCUT2D eigenvalue weighted by molar-refractivity contribution is 7.89. The van der Waals surface area contributed by atoms with Crippen molar-refractivity contribution < 1.29 is 27.5 Å². The second-order valence-corrected chi connectivity index (χ2v) is 8.64. The highest BCUT2D eigenvalue weighted by atomic mass is 32.2. The summed E-state index contributed by atoms with van der Waals surface area (Å²) < 4.78 is 31.5. The van der Waals surface area contributed by atoms with Crippen LogP contribution in [0.4, 0.5) is 0 Å². The highest BCUT2D eigenvalue weighted by Gasteiger charge is 2.37. The molecule has 1 aromatic rings. The van der Waals surface area contributed by atoms with Crippen molar-refractivity contribution in [3.63, 3.8) is 0 Å². The van der Waals surface area contributed by atoms with Crippen LogP contribution in [0.3, 0.4) is 0 Å². The van der Waals surface area contributed by atoms with Crippen molar-refractivity contribution in [2.24, 2.45) is 5.92 Å². The minimum absolute atomic E-state index is 0.188. The van der Waals surface area contributed by atoms with Gasteiger partial charge in [0.05, 0.1) is 29.4 Å². The molecule has 2 amide bonds. The molecule has 9 heteroatoms. The van der Waals surface area contributed by atoms with Gasteiger partial charge in [-0.1, -0.05) is 12.1 Å². The van der Waals surface area contributed by atoms with Crippen LogP contribution in [0.15, 0.2) is 24.3 Å². The quantitative estimate of drug-likeness (QED) is 0.525. The second-order valence-electron chi connectivity index (χ2n) is 6.55. The van der Waals surface area contributed by atoms with Gasteiger partial charge in [-0.2, -0.15) is 0 Å². The second kappa shape index (κ2) is 7.77. The maximum Gasteiger partial charge on any atom is 0.309 e. The molecule has 0 N–H and O–H groups in total. The highest BCUT2D eigenvalue weighted by Crippen LogP contribution is 2.24. The summed E-state index contributed by atoms with van der Waals surface area (Å²) in [6.45, 7) is 2.31. The van der Waals surface area contributed by atoms with E-state index >= 15 is 0 Å². The fraction of sp³-hybridized carbons (Fsp3) is 0.500. The molecule has 27 heavy (non-hydrogen) atoms. The van der Waals surface area contributed by atoms with Gasteiger partial charge in [0.2, 0.25) is 10.0 Å². The zero-order chi connectivity index (χ0) is 19.6. The number of piperidine rings is 1. The number of sulfonamides is 1. The number of ether oxygens (including phenoxy) is 1. The topological polar surface area (TPSA) is 101 Å². The lowest BCUT2D eigenvalue weighted by atomic mass is 9.98. The largest absolute Gasteiger partial charge is 0.466 e. The minimum atomic E-state index is -3.63. The molecule has 2 aliphatic heterocycles. The summed E-state index contributed by atoms with van der Waals surface area (Å²) in [5.41, 5.74) is 0.602. The van der Waals surface area contributed by atoms with E-state index in [4.69, 9.17) is 4.74 Å². The number of hydrogen-bond donors (Lipinski definition) is 0. The number of esters is 1. The third-order valence-electron chi connectivity index (χ3n) is 4.92. The molecular weight excluding hydrogens is 372 g/mol. The van der Waals surface area contributed by atoms with Crippen molar-refractivity contribution in [2.75, 3.05) is 32.0 Å². The first-order valence-electron chi connectivity index (χ1n) is 8.95. The van der Waals surface area contributed by atoms with Gasteiger partial charge in [0.25, 0.3) is 11.8 Å². The third kappa shape index (κ3) is 3.89. The van der Waals surface area contributed by atoms with E-state index in [-0.39, 0.29) is 37.3 Å². The molecule has 0 saturated carbocycles. The number of imide groups is 1. The van der Waals surface area contributed by atoms with E-state index in [9.17, 15) is 22.8 Å². The van der Waals surface area contributed by atoms with E-state index in [0.717, 1.165) is 4.90 Å². The third-order valence-corrected chi connectivity index (χ3v) is 6.77. The number of hydrogen-bond acceptors (Lipinski definition) is 6. The van der Waals surface area contributed by atoms with Gasteiger partial charge in [0.1, 0.15) is 0 Å². The van der Waals surface area contributed by atoms with E-state index in [2.05, 4.69) is 0 Å². The van der Waals surface area contributed by atoms with Crippen LogP contribution in [0, 0.1) is 5.92 Å². The predicted molar refractivity (Wildman–Crippen MR) is 96.5 cm³/mol. The summed E-state index contributed by atoms with van der Waals surface area (Å²) in [5, 5.41) is 0. The Bertz CT molecular complexity index is 823. The van der Waals surface area contributed by atoms with Crippen LogP contribution in [-0.2, 0) is 19.6 Å². The SMILES string of the molecule is CCOC(=O)C1CCN(S(=O)(=O)CCN2C(=O)c3ccccc3C2=O)CC1. The van der Waals surface area contributed by atoms with Crippen molar-refractivity contribution in [3.8, 4) is 0 Å². The zero-order valence-electron chi connectivity index (χ0n) is 15.1. The Balaban J connectivity index is 1.58. The summed E-state index contributed by atoms with van der Waals surface area (Å²) in [5.74, 6) is -1.84. The predicted octanol–water partition coefficient (Wildman–Crippen LogP) is 0.888. The molecule has 0 unspecified atom stereocenters. The normalized spacial score (nSPS) is 18.6. The Hall–Kier alpha value is -2.26. The average molecular weight is 394 g/mol. The van der Waals surface area contributed by atoms with Gasteiger partial charge >= 0.3 is 5.97 Å². The molecule has 2 heterocycles. The van der Waals surface area contributed by atoms with E-state index in [0.29, 0.717) is 30.6 Å². The molecule has 8 nitrogen and oxygen atoms in total. The Morgan fingerprint density at radius 3 is 2.19 bits per heavy atom. The molecule has 0 radical (unpaired) electrons. The van der Waals surface area contributed by atoms with Crippen molar-refractivity contribution in [3.05, 3.63) is 35.4 Å². The smallest absolute Gasteiger partial charge is 0.309 e. The van der Waals surface area contributed by atoms with Gasteiger partial charge in [0, 0.05) is 19.6 Å². The monoisotopic (exact) mass is 394 g/mol. The molecule has 2 aliphatic rings. The first-order valence-corrected chi connectivity index (χ1v) is 10.6. The molecule has 3 rings (SSSR count). The molecule has 146 valence electrons. The molecule has 0 bridgehead atoms. The Kier molecular flexibility index (Phi) is 5.61. The van der Waals surface area contributed by atoms with Gasteiger partial charge in [0.15, 0.2) is 0 Å². The van der Waals surface area contributed by atoms with Crippen molar-refractivity contribution >= 4 is 27.8 Å². The number of amides is 2. The summed E-state index contributed by atoms with van der Waals surface area (Å²) in [6, 6.07) is 6.45. The fourth-order valence-corrected chi connectivity index (χ4v) is 4.85. The number of rotatable bonds is 6. The molecule has 0 atom stereocenters. The van der Waals surface area contributed by atoms with Gasteiger partial charge in [-0.05, 0) is 31.9 Å². The summed E-state index contributed by atoms with van der Waals surface area (Å²) in [7, 11) is -3.63.